The summed E-state index contributed by atoms with van der Waals surface area (Å²) in [5.74, 6) is 1.92. The summed E-state index contributed by atoms with van der Waals surface area (Å²) in [6.45, 7) is 3.88. The molecule has 24 heavy (non-hydrogen) atoms. The standard InChI is InChI=1S/C19H29N3O2/c23-19(9-7-16-4-2-1-3-5-16)21-15-17-6-8-18(20-14-17)22-10-12-24-13-11-22/h6,8,14,16H,1-5,7,9-13,15H2,(H,21,23). The maximum absolute atomic E-state index is 12.0. The van der Waals surface area contributed by atoms with Crippen molar-refractivity contribution in [2.24, 2.45) is 5.92 Å². The molecule has 1 aromatic heterocycles. The number of morpholine rings is 1. The smallest absolute Gasteiger partial charge is 0.220 e. The topological polar surface area (TPSA) is 54.5 Å². The molecule has 1 N–H and O–H groups in total. The van der Waals surface area contributed by atoms with Crippen LogP contribution < -0.4 is 10.2 Å². The van der Waals surface area contributed by atoms with Gasteiger partial charge in [-0.2, -0.15) is 0 Å². The van der Waals surface area contributed by atoms with Gasteiger partial charge in [-0.05, 0) is 24.0 Å². The normalized spacial score (nSPS) is 19.2. The summed E-state index contributed by atoms with van der Waals surface area (Å²) in [7, 11) is 0. The van der Waals surface area contributed by atoms with E-state index in [1.54, 1.807) is 0 Å². The van der Waals surface area contributed by atoms with Gasteiger partial charge in [-0.1, -0.05) is 38.2 Å². The number of hydrogen-bond donors (Lipinski definition) is 1. The molecule has 5 nitrogen and oxygen atoms in total. The van der Waals surface area contributed by atoms with Gasteiger partial charge in [-0.15, -0.1) is 0 Å². The van der Waals surface area contributed by atoms with Crippen LogP contribution in [0, 0.1) is 5.92 Å². The molecule has 5 heteroatoms. The molecule has 1 aromatic rings. The van der Waals surface area contributed by atoms with Crippen LogP contribution in [0.4, 0.5) is 5.82 Å². The summed E-state index contributed by atoms with van der Waals surface area (Å²) >= 11 is 0. The Kier molecular flexibility index (Phi) is 6.47. The van der Waals surface area contributed by atoms with Crippen LogP contribution in [-0.4, -0.2) is 37.2 Å². The van der Waals surface area contributed by atoms with Crippen molar-refractivity contribution >= 4 is 11.7 Å². The van der Waals surface area contributed by atoms with Gasteiger partial charge >= 0.3 is 0 Å². The summed E-state index contributed by atoms with van der Waals surface area (Å²) in [5, 5.41) is 3.02. The zero-order valence-corrected chi connectivity index (χ0v) is 14.5. The SMILES string of the molecule is O=C(CCC1CCCCC1)NCc1ccc(N2CCOCC2)nc1. The average Bonchev–Trinajstić information content (AvgIpc) is 2.67. The second kappa shape index (κ2) is 9.02. The molecular weight excluding hydrogens is 302 g/mol. The highest BCUT2D eigenvalue weighted by molar-refractivity contribution is 5.75. The third-order valence-electron chi connectivity index (χ3n) is 5.14. The van der Waals surface area contributed by atoms with Gasteiger partial charge in [-0.25, -0.2) is 4.98 Å². The highest BCUT2D eigenvalue weighted by Crippen LogP contribution is 2.27. The van der Waals surface area contributed by atoms with Gasteiger partial charge in [0, 0.05) is 32.3 Å². The van der Waals surface area contributed by atoms with E-state index in [0.717, 1.165) is 50.0 Å². The maximum Gasteiger partial charge on any atom is 0.220 e. The van der Waals surface area contributed by atoms with Gasteiger partial charge in [0.1, 0.15) is 5.82 Å². The van der Waals surface area contributed by atoms with Crippen LogP contribution >= 0.6 is 0 Å². The van der Waals surface area contributed by atoms with Gasteiger partial charge in [0.25, 0.3) is 0 Å². The molecule has 0 aromatic carbocycles. The number of hydrogen-bond acceptors (Lipinski definition) is 4. The van der Waals surface area contributed by atoms with E-state index in [9.17, 15) is 4.79 Å². The number of amides is 1. The van der Waals surface area contributed by atoms with E-state index in [1.165, 1.54) is 32.1 Å². The highest BCUT2D eigenvalue weighted by atomic mass is 16.5. The van der Waals surface area contributed by atoms with Crippen LogP contribution in [0.25, 0.3) is 0 Å². The molecule has 1 aliphatic heterocycles. The minimum Gasteiger partial charge on any atom is -0.378 e. The first-order valence-electron chi connectivity index (χ1n) is 9.35. The number of carbonyl (C=O) groups excluding carboxylic acids is 1. The zero-order chi connectivity index (χ0) is 16.6. The van der Waals surface area contributed by atoms with Crippen LogP contribution in [0.2, 0.25) is 0 Å². The molecule has 0 bridgehead atoms. The third kappa shape index (κ3) is 5.20. The third-order valence-corrected chi connectivity index (χ3v) is 5.14. The number of rotatable bonds is 6. The Morgan fingerprint density at radius 3 is 2.71 bits per heavy atom. The minimum atomic E-state index is 0.165. The van der Waals surface area contributed by atoms with Crippen molar-refractivity contribution in [2.75, 3.05) is 31.2 Å². The van der Waals surface area contributed by atoms with E-state index in [0.29, 0.717) is 13.0 Å². The highest BCUT2D eigenvalue weighted by Gasteiger charge is 2.15. The summed E-state index contributed by atoms with van der Waals surface area (Å²) in [6.07, 6.45) is 10.2. The predicted molar refractivity (Wildman–Crippen MR) is 94.9 cm³/mol. The number of aromatic nitrogens is 1. The van der Waals surface area contributed by atoms with Gasteiger partial charge in [0.05, 0.1) is 13.2 Å². The second-order valence-electron chi connectivity index (χ2n) is 6.94. The van der Waals surface area contributed by atoms with Gasteiger partial charge in [0.2, 0.25) is 5.91 Å². The lowest BCUT2D eigenvalue weighted by atomic mass is 9.86. The van der Waals surface area contributed by atoms with Gasteiger partial charge in [-0.3, -0.25) is 4.79 Å². The Bertz CT molecular complexity index is 506. The Morgan fingerprint density at radius 2 is 2.00 bits per heavy atom. The summed E-state index contributed by atoms with van der Waals surface area (Å²) in [5.41, 5.74) is 1.05. The fourth-order valence-corrected chi connectivity index (χ4v) is 3.60. The quantitative estimate of drug-likeness (QED) is 0.871. The van der Waals surface area contributed by atoms with E-state index in [2.05, 4.69) is 21.3 Å². The Hall–Kier alpha value is -1.62. The van der Waals surface area contributed by atoms with E-state index in [-0.39, 0.29) is 5.91 Å². The van der Waals surface area contributed by atoms with Crippen LogP contribution in [-0.2, 0) is 16.1 Å². The number of anilines is 1. The Morgan fingerprint density at radius 1 is 1.21 bits per heavy atom. The summed E-state index contributed by atoms with van der Waals surface area (Å²) in [6, 6.07) is 4.09. The summed E-state index contributed by atoms with van der Waals surface area (Å²) in [4.78, 5) is 18.8. The first kappa shape index (κ1) is 17.2. The maximum atomic E-state index is 12.0. The zero-order valence-electron chi connectivity index (χ0n) is 14.5. The van der Waals surface area contributed by atoms with Crippen molar-refractivity contribution < 1.29 is 9.53 Å². The molecule has 2 fully saturated rings. The fraction of sp³-hybridized carbons (Fsp3) is 0.684. The lowest BCUT2D eigenvalue weighted by molar-refractivity contribution is -0.121. The van der Waals surface area contributed by atoms with Crippen molar-refractivity contribution in [3.05, 3.63) is 23.9 Å². The minimum absolute atomic E-state index is 0.165. The molecule has 0 radical (unpaired) electrons. The van der Waals surface area contributed by atoms with Crippen molar-refractivity contribution in [2.45, 2.75) is 51.5 Å². The first-order valence-corrected chi connectivity index (χ1v) is 9.35. The van der Waals surface area contributed by atoms with E-state index < -0.39 is 0 Å². The molecule has 1 saturated carbocycles. The van der Waals surface area contributed by atoms with Crippen molar-refractivity contribution in [1.29, 1.82) is 0 Å². The fourth-order valence-electron chi connectivity index (χ4n) is 3.60. The molecule has 1 aliphatic carbocycles. The number of nitrogens with zero attached hydrogens (tertiary/aromatic N) is 2. The van der Waals surface area contributed by atoms with Crippen molar-refractivity contribution in [3.8, 4) is 0 Å². The van der Waals surface area contributed by atoms with E-state index >= 15 is 0 Å². The molecule has 1 amide bonds. The molecule has 0 spiro atoms. The molecule has 3 rings (SSSR count). The number of pyridine rings is 1. The van der Waals surface area contributed by atoms with Crippen LogP contribution in [0.5, 0.6) is 0 Å². The second-order valence-corrected chi connectivity index (χ2v) is 6.94. The Balaban J connectivity index is 1.38. The molecule has 2 heterocycles. The molecular formula is C19H29N3O2. The lowest BCUT2D eigenvalue weighted by Gasteiger charge is -2.27. The molecule has 132 valence electrons. The predicted octanol–water partition coefficient (Wildman–Crippen LogP) is 2.89. The number of ether oxygens (including phenoxy) is 1. The van der Waals surface area contributed by atoms with Crippen molar-refractivity contribution in [3.63, 3.8) is 0 Å². The Labute approximate surface area is 144 Å². The molecule has 1 saturated heterocycles. The lowest BCUT2D eigenvalue weighted by Crippen LogP contribution is -2.36. The van der Waals surface area contributed by atoms with Crippen LogP contribution in [0.15, 0.2) is 18.3 Å². The van der Waals surface area contributed by atoms with Crippen LogP contribution in [0.1, 0.15) is 50.5 Å². The number of carbonyl (C=O) groups is 1. The number of nitrogens with one attached hydrogen (secondary N) is 1. The van der Waals surface area contributed by atoms with Crippen LogP contribution in [0.3, 0.4) is 0 Å². The van der Waals surface area contributed by atoms with Gasteiger partial charge in [0.15, 0.2) is 0 Å². The largest absolute Gasteiger partial charge is 0.378 e. The molecule has 0 atom stereocenters. The molecule has 0 unspecified atom stereocenters. The van der Waals surface area contributed by atoms with E-state index in [4.69, 9.17) is 4.74 Å². The summed E-state index contributed by atoms with van der Waals surface area (Å²) < 4.78 is 5.36. The molecule has 2 aliphatic rings. The monoisotopic (exact) mass is 331 g/mol. The first-order chi connectivity index (χ1) is 11.8. The van der Waals surface area contributed by atoms with Gasteiger partial charge < -0.3 is 15.0 Å². The van der Waals surface area contributed by atoms with E-state index in [1.807, 2.05) is 12.3 Å². The average molecular weight is 331 g/mol. The van der Waals surface area contributed by atoms with Crippen molar-refractivity contribution in [1.82, 2.24) is 10.3 Å².